The van der Waals surface area contributed by atoms with Crippen molar-refractivity contribution in [3.8, 4) is 22.4 Å². The van der Waals surface area contributed by atoms with Crippen molar-refractivity contribution in [2.24, 2.45) is 0 Å². The molecule has 0 saturated heterocycles. The first kappa shape index (κ1) is 19.4. The molecule has 2 heterocycles. The Balaban J connectivity index is 1.44. The average Bonchev–Trinajstić information content (AvgIpc) is 3.23. The summed E-state index contributed by atoms with van der Waals surface area (Å²) in [7, 11) is 0. The van der Waals surface area contributed by atoms with E-state index in [0.717, 1.165) is 50.7 Å². The van der Waals surface area contributed by atoms with Gasteiger partial charge in [0.2, 0.25) is 0 Å². The van der Waals surface area contributed by atoms with Crippen LogP contribution in [-0.2, 0) is 6.42 Å². The highest BCUT2D eigenvalue weighted by Crippen LogP contribution is 2.36. The lowest BCUT2D eigenvalue weighted by atomic mass is 10.0. The fourth-order valence-electron chi connectivity index (χ4n) is 4.39. The van der Waals surface area contributed by atoms with Crippen LogP contribution in [0, 0.1) is 5.82 Å². The number of hydrogen-bond donors (Lipinski definition) is 0. The van der Waals surface area contributed by atoms with Crippen LogP contribution in [0.15, 0.2) is 114 Å². The number of hydrogen-bond acceptors (Lipinski definition) is 2. The third-order valence-electron chi connectivity index (χ3n) is 6.03. The van der Waals surface area contributed by atoms with E-state index in [2.05, 4.69) is 53.5 Å². The number of benzene rings is 4. The molecule has 2 nitrogen and oxygen atoms in total. The van der Waals surface area contributed by atoms with Crippen molar-refractivity contribution >= 4 is 21.9 Å². The van der Waals surface area contributed by atoms with Gasteiger partial charge in [0.25, 0.3) is 0 Å². The molecule has 33 heavy (non-hydrogen) atoms. The summed E-state index contributed by atoms with van der Waals surface area (Å²) in [6.45, 7) is 0. The van der Waals surface area contributed by atoms with Gasteiger partial charge in [0, 0.05) is 22.5 Å². The molecule has 0 bridgehead atoms. The Kier molecular flexibility index (Phi) is 4.73. The summed E-state index contributed by atoms with van der Waals surface area (Å²) in [5.41, 5.74) is 7.89. The summed E-state index contributed by atoms with van der Waals surface area (Å²) >= 11 is 0. The number of pyridine rings is 1. The molecular weight excluding hydrogens is 409 g/mol. The highest BCUT2D eigenvalue weighted by atomic mass is 19.1. The van der Waals surface area contributed by atoms with Crippen LogP contribution < -0.4 is 0 Å². The Morgan fingerprint density at radius 2 is 1.52 bits per heavy atom. The zero-order chi connectivity index (χ0) is 22.2. The number of nitrogens with zero attached hydrogens (tertiary/aromatic N) is 1. The first-order chi connectivity index (χ1) is 16.2. The minimum atomic E-state index is -0.244. The standard InChI is InChI=1S/C30H20FNO/c31-24-12-10-22(11-13-24)23-15-16-32-28(19-23)27-8-4-7-26-25-14-9-21(18-29(25)33-30(26)27)17-20-5-2-1-3-6-20/h1-16,18-19H,17H2. The monoisotopic (exact) mass is 429 g/mol. The van der Waals surface area contributed by atoms with Crippen molar-refractivity contribution in [2.75, 3.05) is 0 Å². The van der Waals surface area contributed by atoms with Crippen LogP contribution >= 0.6 is 0 Å². The third-order valence-corrected chi connectivity index (χ3v) is 6.03. The summed E-state index contributed by atoms with van der Waals surface area (Å²) in [6, 6.07) is 33.5. The number of para-hydroxylation sites is 1. The maximum absolute atomic E-state index is 13.3. The highest BCUT2D eigenvalue weighted by Gasteiger charge is 2.14. The van der Waals surface area contributed by atoms with Crippen molar-refractivity contribution < 1.29 is 8.81 Å². The van der Waals surface area contributed by atoms with Gasteiger partial charge < -0.3 is 4.42 Å². The van der Waals surface area contributed by atoms with Crippen LogP contribution in [0.1, 0.15) is 11.1 Å². The molecule has 4 aromatic carbocycles. The molecular formula is C30H20FNO. The van der Waals surface area contributed by atoms with Gasteiger partial charge >= 0.3 is 0 Å². The second-order valence-electron chi connectivity index (χ2n) is 8.21. The van der Waals surface area contributed by atoms with Crippen LogP contribution in [0.4, 0.5) is 4.39 Å². The first-order valence-electron chi connectivity index (χ1n) is 10.9. The SMILES string of the molecule is Fc1ccc(-c2ccnc(-c3cccc4c3oc3cc(Cc5ccccc5)ccc34)c2)cc1. The highest BCUT2D eigenvalue weighted by molar-refractivity contribution is 6.09. The van der Waals surface area contributed by atoms with E-state index >= 15 is 0 Å². The van der Waals surface area contributed by atoms with Gasteiger partial charge in [-0.05, 0) is 65.1 Å². The number of aromatic nitrogens is 1. The van der Waals surface area contributed by atoms with Crippen molar-refractivity contribution in [2.45, 2.75) is 6.42 Å². The second-order valence-corrected chi connectivity index (χ2v) is 8.21. The second kappa shape index (κ2) is 8.03. The van der Waals surface area contributed by atoms with Gasteiger partial charge in [0.05, 0.1) is 5.69 Å². The lowest BCUT2D eigenvalue weighted by Crippen LogP contribution is -1.86. The Hall–Kier alpha value is -4.24. The van der Waals surface area contributed by atoms with Crippen molar-refractivity contribution in [3.05, 3.63) is 126 Å². The minimum absolute atomic E-state index is 0.244. The topological polar surface area (TPSA) is 26.0 Å². The lowest BCUT2D eigenvalue weighted by molar-refractivity contribution is 0.628. The minimum Gasteiger partial charge on any atom is -0.455 e. The fraction of sp³-hybridized carbons (Fsp3) is 0.0333. The lowest BCUT2D eigenvalue weighted by Gasteiger charge is -2.06. The van der Waals surface area contributed by atoms with Crippen molar-refractivity contribution in [3.63, 3.8) is 0 Å². The van der Waals surface area contributed by atoms with E-state index in [1.165, 1.54) is 23.3 Å². The normalized spacial score (nSPS) is 11.3. The van der Waals surface area contributed by atoms with Gasteiger partial charge in [0.15, 0.2) is 0 Å². The van der Waals surface area contributed by atoms with E-state index in [4.69, 9.17) is 4.42 Å². The Bertz CT molecular complexity index is 1580. The van der Waals surface area contributed by atoms with E-state index < -0.39 is 0 Å². The van der Waals surface area contributed by atoms with E-state index in [1.807, 2.05) is 30.3 Å². The van der Waals surface area contributed by atoms with Gasteiger partial charge in [-0.15, -0.1) is 0 Å². The Labute approximate surface area is 191 Å². The first-order valence-corrected chi connectivity index (χ1v) is 10.9. The van der Waals surface area contributed by atoms with Gasteiger partial charge in [-0.2, -0.15) is 0 Å². The Morgan fingerprint density at radius 1 is 0.667 bits per heavy atom. The van der Waals surface area contributed by atoms with Gasteiger partial charge in [0.1, 0.15) is 17.0 Å². The molecule has 6 aromatic rings. The summed E-state index contributed by atoms with van der Waals surface area (Å²) in [6.07, 6.45) is 2.65. The number of rotatable bonds is 4. The molecule has 0 unspecified atom stereocenters. The van der Waals surface area contributed by atoms with E-state index in [9.17, 15) is 4.39 Å². The smallest absolute Gasteiger partial charge is 0.144 e. The van der Waals surface area contributed by atoms with Gasteiger partial charge in [-0.3, -0.25) is 4.98 Å². The molecule has 0 N–H and O–H groups in total. The fourth-order valence-corrected chi connectivity index (χ4v) is 4.39. The summed E-state index contributed by atoms with van der Waals surface area (Å²) < 4.78 is 19.7. The largest absolute Gasteiger partial charge is 0.455 e. The molecule has 0 saturated carbocycles. The number of furan rings is 1. The molecule has 0 aliphatic rings. The maximum Gasteiger partial charge on any atom is 0.144 e. The van der Waals surface area contributed by atoms with Crippen LogP contribution in [0.3, 0.4) is 0 Å². The van der Waals surface area contributed by atoms with E-state index in [1.54, 1.807) is 18.3 Å². The number of halogens is 1. The molecule has 0 amide bonds. The van der Waals surface area contributed by atoms with E-state index in [0.29, 0.717) is 0 Å². The van der Waals surface area contributed by atoms with Crippen LogP contribution in [0.25, 0.3) is 44.3 Å². The van der Waals surface area contributed by atoms with Crippen molar-refractivity contribution in [1.29, 1.82) is 0 Å². The summed E-state index contributed by atoms with van der Waals surface area (Å²) in [5, 5.41) is 2.17. The molecule has 3 heteroatoms. The molecule has 0 aliphatic heterocycles. The van der Waals surface area contributed by atoms with E-state index in [-0.39, 0.29) is 5.82 Å². The quantitative estimate of drug-likeness (QED) is 0.283. The molecule has 2 aromatic heterocycles. The average molecular weight is 429 g/mol. The molecule has 0 spiro atoms. The third kappa shape index (κ3) is 3.68. The molecule has 0 atom stereocenters. The summed E-state index contributed by atoms with van der Waals surface area (Å²) in [4.78, 5) is 4.61. The van der Waals surface area contributed by atoms with Crippen molar-refractivity contribution in [1.82, 2.24) is 4.98 Å². The number of fused-ring (bicyclic) bond motifs is 3. The van der Waals surface area contributed by atoms with Gasteiger partial charge in [-0.1, -0.05) is 66.7 Å². The molecule has 0 aliphatic carbocycles. The molecule has 0 fully saturated rings. The van der Waals surface area contributed by atoms with Crippen LogP contribution in [0.2, 0.25) is 0 Å². The zero-order valence-electron chi connectivity index (χ0n) is 17.8. The van der Waals surface area contributed by atoms with Crippen LogP contribution in [-0.4, -0.2) is 4.98 Å². The predicted molar refractivity (Wildman–Crippen MR) is 132 cm³/mol. The maximum atomic E-state index is 13.3. The van der Waals surface area contributed by atoms with Crippen LogP contribution in [0.5, 0.6) is 0 Å². The van der Waals surface area contributed by atoms with Gasteiger partial charge in [-0.25, -0.2) is 4.39 Å². The molecule has 158 valence electrons. The zero-order valence-corrected chi connectivity index (χ0v) is 17.8. The molecule has 0 radical (unpaired) electrons. The summed E-state index contributed by atoms with van der Waals surface area (Å²) in [5.74, 6) is -0.244. The predicted octanol–water partition coefficient (Wildman–Crippen LogP) is 8.04. The molecule has 6 rings (SSSR count). The Morgan fingerprint density at radius 3 is 2.36 bits per heavy atom.